The summed E-state index contributed by atoms with van der Waals surface area (Å²) in [5.74, 6) is 0.696. The Balaban J connectivity index is 2.34. The van der Waals surface area contributed by atoms with Crippen LogP contribution < -0.4 is 15.0 Å². The van der Waals surface area contributed by atoms with Crippen molar-refractivity contribution in [2.45, 2.75) is 25.7 Å². The molecule has 1 aliphatic heterocycles. The fourth-order valence-electron chi connectivity index (χ4n) is 2.70. The molecule has 0 saturated carbocycles. The number of carbonyl (C=O) groups excluding carboxylic acids is 2. The summed E-state index contributed by atoms with van der Waals surface area (Å²) in [4.78, 5) is 25.2. The summed E-state index contributed by atoms with van der Waals surface area (Å²) in [6.45, 7) is 3.86. The molecule has 0 bridgehead atoms. The van der Waals surface area contributed by atoms with Crippen LogP contribution in [-0.2, 0) is 15.0 Å². The zero-order chi connectivity index (χ0) is 14.9. The van der Waals surface area contributed by atoms with Crippen LogP contribution in [0, 0.1) is 0 Å². The quantitative estimate of drug-likeness (QED) is 0.905. The van der Waals surface area contributed by atoms with Gasteiger partial charge in [0.25, 0.3) is 0 Å². The molecule has 0 aromatic heterocycles. The van der Waals surface area contributed by atoms with Gasteiger partial charge in [0.1, 0.15) is 5.75 Å². The minimum Gasteiger partial charge on any atom is -0.497 e. The smallest absolute Gasteiger partial charge is 0.237 e. The number of ether oxygens (including phenoxy) is 1. The normalized spacial score (nSPS) is 20.8. The molecule has 20 heavy (non-hydrogen) atoms. The highest BCUT2D eigenvalue weighted by atomic mass is 16.5. The topological polar surface area (TPSA) is 58.6 Å². The van der Waals surface area contributed by atoms with E-state index in [0.29, 0.717) is 13.0 Å². The number of nitrogens with one attached hydrogen (secondary N) is 1. The van der Waals surface area contributed by atoms with Crippen molar-refractivity contribution in [3.8, 4) is 5.75 Å². The molecule has 1 atom stereocenters. The number of carbonyl (C=O) groups is 2. The van der Waals surface area contributed by atoms with Gasteiger partial charge < -0.3 is 15.0 Å². The second kappa shape index (κ2) is 5.15. The second-order valence-electron chi connectivity index (χ2n) is 5.31. The van der Waals surface area contributed by atoms with Gasteiger partial charge >= 0.3 is 0 Å². The van der Waals surface area contributed by atoms with E-state index in [-0.39, 0.29) is 11.8 Å². The maximum absolute atomic E-state index is 12.5. The predicted molar refractivity (Wildman–Crippen MR) is 77.1 cm³/mol. The molecule has 1 aromatic rings. The maximum Gasteiger partial charge on any atom is 0.237 e. The fraction of sp³-hybridized carbons (Fsp3) is 0.467. The highest BCUT2D eigenvalue weighted by molar-refractivity contribution is 6.07. The van der Waals surface area contributed by atoms with Crippen LogP contribution in [0.15, 0.2) is 18.2 Å². The first kappa shape index (κ1) is 14.4. The molecule has 1 aliphatic rings. The van der Waals surface area contributed by atoms with E-state index in [4.69, 9.17) is 4.74 Å². The Kier molecular flexibility index (Phi) is 3.70. The van der Waals surface area contributed by atoms with Gasteiger partial charge in [-0.2, -0.15) is 0 Å². The van der Waals surface area contributed by atoms with E-state index in [1.165, 1.54) is 6.92 Å². The van der Waals surface area contributed by atoms with Gasteiger partial charge in [-0.05, 0) is 37.1 Å². The number of nitrogens with zero attached hydrogens (tertiary/aromatic N) is 1. The number of fused-ring (bicyclic) bond motifs is 1. The van der Waals surface area contributed by atoms with E-state index in [9.17, 15) is 9.59 Å². The van der Waals surface area contributed by atoms with Gasteiger partial charge in [0.05, 0.1) is 12.5 Å². The van der Waals surface area contributed by atoms with Crippen molar-refractivity contribution in [1.82, 2.24) is 5.32 Å². The van der Waals surface area contributed by atoms with Crippen molar-refractivity contribution in [1.29, 1.82) is 0 Å². The lowest BCUT2D eigenvalue weighted by atomic mass is 9.80. The van der Waals surface area contributed by atoms with Gasteiger partial charge in [0.2, 0.25) is 11.8 Å². The minimum atomic E-state index is -0.624. The fourth-order valence-corrected chi connectivity index (χ4v) is 2.70. The van der Waals surface area contributed by atoms with Crippen molar-refractivity contribution >= 4 is 17.5 Å². The van der Waals surface area contributed by atoms with Crippen LogP contribution in [0.1, 0.15) is 25.8 Å². The number of likely N-dealkylation sites (N-methyl/N-ethyl adjacent to an activating group) is 1. The summed E-state index contributed by atoms with van der Waals surface area (Å²) in [5.41, 5.74) is 1.23. The van der Waals surface area contributed by atoms with Crippen molar-refractivity contribution in [3.05, 3.63) is 23.8 Å². The molecule has 2 amide bonds. The van der Waals surface area contributed by atoms with Crippen molar-refractivity contribution < 1.29 is 14.3 Å². The third kappa shape index (κ3) is 2.24. The Labute approximate surface area is 118 Å². The molecule has 0 unspecified atom stereocenters. The van der Waals surface area contributed by atoms with Gasteiger partial charge in [-0.25, -0.2) is 0 Å². The Morgan fingerprint density at radius 3 is 2.75 bits per heavy atom. The van der Waals surface area contributed by atoms with Crippen molar-refractivity contribution in [2.75, 3.05) is 25.6 Å². The van der Waals surface area contributed by atoms with Gasteiger partial charge in [-0.15, -0.1) is 0 Å². The van der Waals surface area contributed by atoms with E-state index in [2.05, 4.69) is 5.32 Å². The standard InChI is InChI=1S/C15H20N2O3/c1-10(18)16-8-7-15(2)12-9-11(20-4)5-6-13(12)17(3)14(15)19/h5-6,9H,7-8H2,1-4H3,(H,16,18)/t15-/m0/s1. The van der Waals surface area contributed by atoms with Gasteiger partial charge in [-0.3, -0.25) is 9.59 Å². The molecule has 0 aliphatic carbocycles. The summed E-state index contributed by atoms with van der Waals surface area (Å²) in [6.07, 6.45) is 0.565. The van der Waals surface area contributed by atoms with Gasteiger partial charge in [0.15, 0.2) is 0 Å². The molecule has 0 spiro atoms. The molecule has 5 nitrogen and oxygen atoms in total. The van der Waals surface area contributed by atoms with Crippen LogP contribution in [0.5, 0.6) is 5.75 Å². The number of anilines is 1. The molecular weight excluding hydrogens is 256 g/mol. The lowest BCUT2D eigenvalue weighted by Crippen LogP contribution is -2.39. The zero-order valence-electron chi connectivity index (χ0n) is 12.3. The molecule has 1 aromatic carbocycles. The molecule has 0 radical (unpaired) electrons. The molecule has 1 N–H and O–H groups in total. The minimum absolute atomic E-state index is 0.0473. The van der Waals surface area contributed by atoms with E-state index in [1.54, 1.807) is 19.1 Å². The Morgan fingerprint density at radius 1 is 1.45 bits per heavy atom. The highest BCUT2D eigenvalue weighted by Gasteiger charge is 2.45. The molecule has 5 heteroatoms. The van der Waals surface area contributed by atoms with Gasteiger partial charge in [0, 0.05) is 26.2 Å². The molecule has 108 valence electrons. The first-order valence-corrected chi connectivity index (χ1v) is 6.61. The Hall–Kier alpha value is -2.04. The number of hydrogen-bond donors (Lipinski definition) is 1. The third-order valence-corrected chi connectivity index (χ3v) is 3.94. The summed E-state index contributed by atoms with van der Waals surface area (Å²) < 4.78 is 5.25. The van der Waals surface area contributed by atoms with Crippen molar-refractivity contribution in [2.24, 2.45) is 0 Å². The number of benzene rings is 1. The van der Waals surface area contributed by atoms with E-state index < -0.39 is 5.41 Å². The summed E-state index contributed by atoms with van der Waals surface area (Å²) >= 11 is 0. The number of amides is 2. The van der Waals surface area contributed by atoms with E-state index >= 15 is 0 Å². The number of rotatable bonds is 4. The largest absolute Gasteiger partial charge is 0.497 e. The lowest BCUT2D eigenvalue weighted by Gasteiger charge is -2.23. The SMILES string of the molecule is COc1ccc2c(c1)[C@](C)(CCNC(C)=O)C(=O)N2C. The lowest BCUT2D eigenvalue weighted by molar-refractivity contribution is -0.123. The van der Waals surface area contributed by atoms with Crippen LogP contribution in [-0.4, -0.2) is 32.5 Å². The second-order valence-corrected chi connectivity index (χ2v) is 5.31. The van der Waals surface area contributed by atoms with Gasteiger partial charge in [-0.1, -0.05) is 0 Å². The zero-order valence-corrected chi connectivity index (χ0v) is 12.3. The summed E-state index contributed by atoms with van der Waals surface area (Å²) in [5, 5.41) is 2.75. The Morgan fingerprint density at radius 2 is 2.15 bits per heavy atom. The molecule has 2 rings (SSSR count). The molecule has 0 fully saturated rings. The van der Waals surface area contributed by atoms with Crippen molar-refractivity contribution in [3.63, 3.8) is 0 Å². The number of methoxy groups -OCH3 is 1. The molecule has 1 heterocycles. The monoisotopic (exact) mass is 276 g/mol. The third-order valence-electron chi connectivity index (χ3n) is 3.94. The average Bonchev–Trinajstić information content (AvgIpc) is 2.61. The average molecular weight is 276 g/mol. The number of hydrogen-bond acceptors (Lipinski definition) is 3. The van der Waals surface area contributed by atoms with E-state index in [1.807, 2.05) is 25.1 Å². The highest BCUT2D eigenvalue weighted by Crippen LogP contribution is 2.44. The van der Waals surface area contributed by atoms with Crippen LogP contribution in [0.3, 0.4) is 0 Å². The molecular formula is C15H20N2O3. The summed E-state index contributed by atoms with van der Waals surface area (Å²) in [6, 6.07) is 5.66. The first-order chi connectivity index (χ1) is 9.40. The predicted octanol–water partition coefficient (Wildman–Crippen LogP) is 1.46. The van der Waals surface area contributed by atoms with Crippen LogP contribution in [0.2, 0.25) is 0 Å². The van der Waals surface area contributed by atoms with Crippen LogP contribution in [0.25, 0.3) is 0 Å². The van der Waals surface area contributed by atoms with Crippen LogP contribution in [0.4, 0.5) is 5.69 Å². The first-order valence-electron chi connectivity index (χ1n) is 6.61. The summed E-state index contributed by atoms with van der Waals surface area (Å²) in [7, 11) is 3.38. The van der Waals surface area contributed by atoms with E-state index in [0.717, 1.165) is 17.0 Å². The van der Waals surface area contributed by atoms with Crippen LogP contribution >= 0.6 is 0 Å². The maximum atomic E-state index is 12.5. The Bertz CT molecular complexity index is 556. The molecule has 0 saturated heterocycles.